The molecule has 0 amide bonds. The summed E-state index contributed by atoms with van der Waals surface area (Å²) in [6.07, 6.45) is 0.0681. The maximum absolute atomic E-state index is 5.59. The molecule has 1 aromatic rings. The predicted molar refractivity (Wildman–Crippen MR) is 67.7 cm³/mol. The molecule has 17 heavy (non-hydrogen) atoms. The summed E-state index contributed by atoms with van der Waals surface area (Å²) < 4.78 is 16.2. The van der Waals surface area contributed by atoms with Crippen LogP contribution in [0, 0.1) is 6.92 Å². The Labute approximate surface area is 103 Å². The highest BCUT2D eigenvalue weighted by Crippen LogP contribution is 2.27. The summed E-state index contributed by atoms with van der Waals surface area (Å²) in [5, 5.41) is 0. The summed E-state index contributed by atoms with van der Waals surface area (Å²) in [6, 6.07) is 5.83. The maximum atomic E-state index is 5.59. The van der Waals surface area contributed by atoms with E-state index in [1.54, 1.807) is 7.11 Å². The average molecular weight is 239 g/mol. The summed E-state index contributed by atoms with van der Waals surface area (Å²) in [6.45, 7) is 5.48. The third kappa shape index (κ3) is 4.63. The van der Waals surface area contributed by atoms with Crippen molar-refractivity contribution in [1.82, 2.24) is 0 Å². The molecule has 4 nitrogen and oxygen atoms in total. The van der Waals surface area contributed by atoms with Crippen LogP contribution in [0.2, 0.25) is 0 Å². The molecule has 2 N–H and O–H groups in total. The second-order valence-electron chi connectivity index (χ2n) is 3.92. The van der Waals surface area contributed by atoms with Gasteiger partial charge in [-0.15, -0.1) is 0 Å². The van der Waals surface area contributed by atoms with E-state index in [1.165, 1.54) is 0 Å². The van der Waals surface area contributed by atoms with Gasteiger partial charge in [0.25, 0.3) is 0 Å². The molecule has 0 saturated carbocycles. The summed E-state index contributed by atoms with van der Waals surface area (Å²) in [5.41, 5.74) is 6.58. The summed E-state index contributed by atoms with van der Waals surface area (Å²) in [5.74, 6) is 1.49. The van der Waals surface area contributed by atoms with Crippen LogP contribution in [0.5, 0.6) is 11.5 Å². The SMILES string of the molecule is COc1cc(C)ccc1OCCOC(C)CN. The Morgan fingerprint density at radius 3 is 2.65 bits per heavy atom. The molecule has 0 aliphatic rings. The van der Waals surface area contributed by atoms with Crippen LogP contribution in [-0.4, -0.2) is 33.0 Å². The second-order valence-corrected chi connectivity index (χ2v) is 3.92. The molecule has 0 spiro atoms. The molecule has 0 radical (unpaired) electrons. The summed E-state index contributed by atoms with van der Waals surface area (Å²) >= 11 is 0. The number of hydrogen-bond acceptors (Lipinski definition) is 4. The largest absolute Gasteiger partial charge is 0.493 e. The second kappa shape index (κ2) is 7.14. The van der Waals surface area contributed by atoms with Gasteiger partial charge >= 0.3 is 0 Å². The molecular formula is C13H21NO3. The Kier molecular flexibility index (Phi) is 5.80. The van der Waals surface area contributed by atoms with Crippen molar-refractivity contribution in [2.75, 3.05) is 26.9 Å². The first kappa shape index (κ1) is 13.8. The third-order valence-electron chi connectivity index (χ3n) is 2.39. The zero-order chi connectivity index (χ0) is 12.7. The quantitative estimate of drug-likeness (QED) is 0.736. The lowest BCUT2D eigenvalue weighted by Crippen LogP contribution is -2.22. The molecular weight excluding hydrogens is 218 g/mol. The van der Waals surface area contributed by atoms with E-state index in [0.717, 1.165) is 17.1 Å². The van der Waals surface area contributed by atoms with Gasteiger partial charge in [-0.2, -0.15) is 0 Å². The molecule has 4 heteroatoms. The minimum Gasteiger partial charge on any atom is -0.493 e. The van der Waals surface area contributed by atoms with Crippen molar-refractivity contribution in [1.29, 1.82) is 0 Å². The van der Waals surface area contributed by atoms with Crippen molar-refractivity contribution in [3.8, 4) is 11.5 Å². The first-order chi connectivity index (χ1) is 8.17. The molecule has 0 bridgehead atoms. The summed E-state index contributed by atoms with van der Waals surface area (Å²) in [7, 11) is 1.63. The highest BCUT2D eigenvalue weighted by atomic mass is 16.5. The molecule has 96 valence electrons. The third-order valence-corrected chi connectivity index (χ3v) is 2.39. The van der Waals surface area contributed by atoms with Crippen LogP contribution in [0.3, 0.4) is 0 Å². The van der Waals surface area contributed by atoms with E-state index < -0.39 is 0 Å². The van der Waals surface area contributed by atoms with Crippen molar-refractivity contribution in [3.05, 3.63) is 23.8 Å². The number of methoxy groups -OCH3 is 1. The lowest BCUT2D eigenvalue weighted by Gasteiger charge is -2.13. The topological polar surface area (TPSA) is 53.7 Å². The van der Waals surface area contributed by atoms with Crippen molar-refractivity contribution < 1.29 is 14.2 Å². The number of ether oxygens (including phenoxy) is 3. The van der Waals surface area contributed by atoms with Gasteiger partial charge in [-0.05, 0) is 31.5 Å². The summed E-state index contributed by atoms with van der Waals surface area (Å²) in [4.78, 5) is 0. The van der Waals surface area contributed by atoms with Crippen LogP contribution in [-0.2, 0) is 4.74 Å². The zero-order valence-corrected chi connectivity index (χ0v) is 10.7. The number of nitrogens with two attached hydrogens (primary N) is 1. The number of hydrogen-bond donors (Lipinski definition) is 1. The van der Waals surface area contributed by atoms with E-state index in [0.29, 0.717) is 19.8 Å². The van der Waals surface area contributed by atoms with Crippen molar-refractivity contribution in [2.24, 2.45) is 5.73 Å². The fraction of sp³-hybridized carbons (Fsp3) is 0.538. The lowest BCUT2D eigenvalue weighted by molar-refractivity contribution is 0.0491. The fourth-order valence-electron chi connectivity index (χ4n) is 1.36. The molecule has 1 aromatic carbocycles. The van der Waals surface area contributed by atoms with Gasteiger partial charge in [-0.1, -0.05) is 6.07 Å². The van der Waals surface area contributed by atoms with Crippen LogP contribution in [0.25, 0.3) is 0 Å². The van der Waals surface area contributed by atoms with Gasteiger partial charge in [-0.3, -0.25) is 0 Å². The van der Waals surface area contributed by atoms with Gasteiger partial charge in [0.15, 0.2) is 11.5 Å². The standard InChI is InChI=1S/C13H21NO3/c1-10-4-5-12(13(8-10)15-3)17-7-6-16-11(2)9-14/h4-5,8,11H,6-7,9,14H2,1-3H3. The highest BCUT2D eigenvalue weighted by Gasteiger charge is 2.04. The molecule has 0 fully saturated rings. The van der Waals surface area contributed by atoms with E-state index in [2.05, 4.69) is 0 Å². The lowest BCUT2D eigenvalue weighted by atomic mass is 10.2. The Morgan fingerprint density at radius 2 is 2.00 bits per heavy atom. The van der Waals surface area contributed by atoms with Gasteiger partial charge in [0.1, 0.15) is 6.61 Å². The molecule has 0 heterocycles. The molecule has 1 rings (SSSR count). The minimum atomic E-state index is 0.0681. The maximum Gasteiger partial charge on any atom is 0.161 e. The average Bonchev–Trinajstić information content (AvgIpc) is 2.35. The van der Waals surface area contributed by atoms with Gasteiger partial charge in [-0.25, -0.2) is 0 Å². The van der Waals surface area contributed by atoms with Crippen LogP contribution in [0.4, 0.5) is 0 Å². The van der Waals surface area contributed by atoms with E-state index in [4.69, 9.17) is 19.9 Å². The van der Waals surface area contributed by atoms with Gasteiger partial charge < -0.3 is 19.9 Å². The van der Waals surface area contributed by atoms with Crippen molar-refractivity contribution in [2.45, 2.75) is 20.0 Å². The van der Waals surface area contributed by atoms with E-state index >= 15 is 0 Å². The first-order valence-electron chi connectivity index (χ1n) is 5.76. The van der Waals surface area contributed by atoms with Crippen molar-refractivity contribution >= 4 is 0 Å². The van der Waals surface area contributed by atoms with Crippen LogP contribution in [0.1, 0.15) is 12.5 Å². The smallest absolute Gasteiger partial charge is 0.161 e. The number of aryl methyl sites for hydroxylation is 1. The normalized spacial score (nSPS) is 12.2. The van der Waals surface area contributed by atoms with Gasteiger partial charge in [0.05, 0.1) is 19.8 Å². The van der Waals surface area contributed by atoms with E-state index in [9.17, 15) is 0 Å². The molecule has 0 aliphatic carbocycles. The van der Waals surface area contributed by atoms with Crippen LogP contribution >= 0.6 is 0 Å². The van der Waals surface area contributed by atoms with E-state index in [-0.39, 0.29) is 6.10 Å². The molecule has 0 aliphatic heterocycles. The predicted octanol–water partition coefficient (Wildman–Crippen LogP) is 1.75. The van der Waals surface area contributed by atoms with Gasteiger partial charge in [0, 0.05) is 6.54 Å². The highest BCUT2D eigenvalue weighted by molar-refractivity contribution is 5.42. The number of benzene rings is 1. The minimum absolute atomic E-state index is 0.0681. The fourth-order valence-corrected chi connectivity index (χ4v) is 1.36. The van der Waals surface area contributed by atoms with Crippen molar-refractivity contribution in [3.63, 3.8) is 0 Å². The number of rotatable bonds is 7. The van der Waals surface area contributed by atoms with Gasteiger partial charge in [0.2, 0.25) is 0 Å². The molecule has 0 saturated heterocycles. The Bertz CT molecular complexity index is 341. The van der Waals surface area contributed by atoms with Crippen LogP contribution in [0.15, 0.2) is 18.2 Å². The zero-order valence-electron chi connectivity index (χ0n) is 10.7. The molecule has 1 atom stereocenters. The monoisotopic (exact) mass is 239 g/mol. The Morgan fingerprint density at radius 1 is 1.24 bits per heavy atom. The van der Waals surface area contributed by atoms with Crippen LogP contribution < -0.4 is 15.2 Å². The Hall–Kier alpha value is -1.26. The molecule has 1 unspecified atom stereocenters. The first-order valence-corrected chi connectivity index (χ1v) is 5.76. The van der Waals surface area contributed by atoms with E-state index in [1.807, 2.05) is 32.0 Å². The Balaban J connectivity index is 2.41. The molecule has 0 aromatic heterocycles.